The smallest absolute Gasteiger partial charge is 0.0901 e. The molecule has 2 rings (SSSR count). The number of hydrogen-bond donors (Lipinski definition) is 1. The molecule has 6 heteroatoms. The molecule has 2 N–H and O–H groups in total. The second-order valence-electron chi connectivity index (χ2n) is 5.34. The van der Waals surface area contributed by atoms with E-state index < -0.39 is 0 Å². The molecule has 1 atom stereocenters. The van der Waals surface area contributed by atoms with Crippen LogP contribution >= 0.6 is 35.4 Å². The van der Waals surface area contributed by atoms with Gasteiger partial charge in [0.15, 0.2) is 0 Å². The molecule has 1 unspecified atom stereocenters. The molecule has 1 aliphatic rings. The Labute approximate surface area is 142 Å². The maximum Gasteiger partial charge on any atom is 0.0901 e. The van der Waals surface area contributed by atoms with E-state index in [2.05, 4.69) is 16.7 Å². The van der Waals surface area contributed by atoms with Crippen molar-refractivity contribution in [2.75, 3.05) is 26.2 Å². The molecule has 1 heterocycles. The number of halogens is 2. The molecular weight excluding hydrogens is 325 g/mol. The summed E-state index contributed by atoms with van der Waals surface area (Å²) in [7, 11) is 0. The first-order chi connectivity index (χ1) is 10.0. The second kappa shape index (κ2) is 7.75. The lowest BCUT2D eigenvalue weighted by atomic mass is 10.1. The molecule has 3 nitrogen and oxygen atoms in total. The zero-order chi connectivity index (χ0) is 15.4. The number of benzene rings is 1. The first-order valence-corrected chi connectivity index (χ1v) is 8.38. The topological polar surface area (TPSA) is 32.5 Å². The van der Waals surface area contributed by atoms with E-state index in [0.717, 1.165) is 54.8 Å². The molecule has 1 fully saturated rings. The molecule has 0 saturated carbocycles. The monoisotopic (exact) mass is 345 g/mol. The van der Waals surface area contributed by atoms with Gasteiger partial charge in [0, 0.05) is 48.3 Å². The summed E-state index contributed by atoms with van der Waals surface area (Å²) in [4.78, 5) is 5.34. The van der Waals surface area contributed by atoms with Gasteiger partial charge in [0.05, 0.1) is 11.0 Å². The third kappa shape index (κ3) is 4.30. The first-order valence-electron chi connectivity index (χ1n) is 7.21. The van der Waals surface area contributed by atoms with Gasteiger partial charge in [0.2, 0.25) is 0 Å². The lowest BCUT2D eigenvalue weighted by Gasteiger charge is -2.38. The molecule has 116 valence electrons. The van der Waals surface area contributed by atoms with Crippen LogP contribution in [0.2, 0.25) is 10.0 Å². The highest BCUT2D eigenvalue weighted by atomic mass is 35.5. The predicted octanol–water partition coefficient (Wildman–Crippen LogP) is 3.18. The lowest BCUT2D eigenvalue weighted by Crippen LogP contribution is -2.53. The number of piperazine rings is 1. The van der Waals surface area contributed by atoms with Crippen molar-refractivity contribution in [3.63, 3.8) is 0 Å². The van der Waals surface area contributed by atoms with Crippen LogP contribution in [0.4, 0.5) is 0 Å². The molecule has 0 spiro atoms. The molecule has 1 aromatic carbocycles. The van der Waals surface area contributed by atoms with Crippen LogP contribution in [-0.2, 0) is 6.54 Å². The number of nitrogens with two attached hydrogens (primary N) is 1. The van der Waals surface area contributed by atoms with E-state index in [1.54, 1.807) is 0 Å². The molecule has 0 amide bonds. The van der Waals surface area contributed by atoms with Gasteiger partial charge < -0.3 is 5.73 Å². The highest BCUT2D eigenvalue weighted by Gasteiger charge is 2.24. The number of nitrogens with zero attached hydrogens (tertiary/aromatic N) is 2. The normalized spacial score (nSPS) is 18.6. The van der Waals surface area contributed by atoms with E-state index in [9.17, 15) is 0 Å². The van der Waals surface area contributed by atoms with Gasteiger partial charge in [-0.1, -0.05) is 48.4 Å². The van der Waals surface area contributed by atoms with Crippen molar-refractivity contribution in [1.82, 2.24) is 9.80 Å². The molecule has 21 heavy (non-hydrogen) atoms. The van der Waals surface area contributed by atoms with Crippen LogP contribution in [0.5, 0.6) is 0 Å². The van der Waals surface area contributed by atoms with Gasteiger partial charge in [-0.25, -0.2) is 0 Å². The van der Waals surface area contributed by atoms with E-state index in [-0.39, 0.29) is 6.04 Å². The minimum Gasteiger partial charge on any atom is -0.392 e. The minimum absolute atomic E-state index is 0.214. The molecule has 0 aliphatic carbocycles. The van der Waals surface area contributed by atoms with Crippen LogP contribution in [-0.4, -0.2) is 47.0 Å². The summed E-state index contributed by atoms with van der Waals surface area (Å²) in [6, 6.07) is 5.86. The van der Waals surface area contributed by atoms with E-state index in [0.29, 0.717) is 4.99 Å². The van der Waals surface area contributed by atoms with Gasteiger partial charge in [0.25, 0.3) is 0 Å². The first kappa shape index (κ1) is 17.0. The standard InChI is InChI=1S/C15H21Cl2N3S/c1-2-14(15(18)21)20-8-6-19(7-9-20)10-11-12(16)4-3-5-13(11)17/h3-5,14H,2,6-10H2,1H3,(H2,18,21). The highest BCUT2D eigenvalue weighted by molar-refractivity contribution is 7.80. The van der Waals surface area contributed by atoms with Crippen LogP contribution < -0.4 is 5.73 Å². The number of thiocarbonyl (C=S) groups is 1. The highest BCUT2D eigenvalue weighted by Crippen LogP contribution is 2.26. The summed E-state index contributed by atoms with van der Waals surface area (Å²) in [5.41, 5.74) is 6.83. The average Bonchev–Trinajstić information content (AvgIpc) is 2.45. The van der Waals surface area contributed by atoms with Gasteiger partial charge in [-0.2, -0.15) is 0 Å². The Hall–Kier alpha value is -0.390. The predicted molar refractivity (Wildman–Crippen MR) is 94.2 cm³/mol. The summed E-state index contributed by atoms with van der Waals surface area (Å²) in [6.07, 6.45) is 0.964. The number of hydrogen-bond acceptors (Lipinski definition) is 3. The Morgan fingerprint density at radius 2 is 1.81 bits per heavy atom. The molecule has 1 saturated heterocycles. The van der Waals surface area contributed by atoms with E-state index in [1.807, 2.05) is 18.2 Å². The van der Waals surface area contributed by atoms with Gasteiger partial charge in [-0.3, -0.25) is 9.80 Å². The quantitative estimate of drug-likeness (QED) is 0.830. The Morgan fingerprint density at radius 3 is 2.29 bits per heavy atom. The molecule has 1 aliphatic heterocycles. The zero-order valence-electron chi connectivity index (χ0n) is 12.2. The van der Waals surface area contributed by atoms with Crippen molar-refractivity contribution >= 4 is 40.4 Å². The summed E-state index contributed by atoms with van der Waals surface area (Å²) < 4.78 is 0. The lowest BCUT2D eigenvalue weighted by molar-refractivity contribution is 0.112. The van der Waals surface area contributed by atoms with Crippen molar-refractivity contribution < 1.29 is 0 Å². The third-order valence-corrected chi connectivity index (χ3v) is 4.99. The Balaban J connectivity index is 1.94. The van der Waals surface area contributed by atoms with Gasteiger partial charge in [0.1, 0.15) is 0 Å². The Bertz CT molecular complexity index is 481. The molecule has 0 bridgehead atoms. The van der Waals surface area contributed by atoms with Crippen LogP contribution in [0.1, 0.15) is 18.9 Å². The van der Waals surface area contributed by atoms with Crippen LogP contribution in [0.25, 0.3) is 0 Å². The zero-order valence-corrected chi connectivity index (χ0v) is 14.5. The maximum absolute atomic E-state index is 6.24. The number of rotatable bonds is 5. The van der Waals surface area contributed by atoms with E-state index >= 15 is 0 Å². The fraction of sp³-hybridized carbons (Fsp3) is 0.533. The van der Waals surface area contributed by atoms with Crippen molar-refractivity contribution in [2.24, 2.45) is 5.73 Å². The fourth-order valence-electron chi connectivity index (χ4n) is 2.78. The minimum atomic E-state index is 0.214. The fourth-order valence-corrected chi connectivity index (χ4v) is 3.61. The van der Waals surface area contributed by atoms with Gasteiger partial charge >= 0.3 is 0 Å². The molecular formula is C15H21Cl2N3S. The maximum atomic E-state index is 6.24. The SMILES string of the molecule is CCC(C(N)=S)N1CCN(Cc2c(Cl)cccc2Cl)CC1. The average molecular weight is 346 g/mol. The Kier molecular flexibility index (Phi) is 6.26. The van der Waals surface area contributed by atoms with Crippen molar-refractivity contribution in [3.05, 3.63) is 33.8 Å². The van der Waals surface area contributed by atoms with Gasteiger partial charge in [-0.05, 0) is 18.6 Å². The largest absolute Gasteiger partial charge is 0.392 e. The molecule has 0 aromatic heterocycles. The molecule has 0 radical (unpaired) electrons. The summed E-state index contributed by atoms with van der Waals surface area (Å²) >= 11 is 17.6. The summed E-state index contributed by atoms with van der Waals surface area (Å²) in [5.74, 6) is 0. The van der Waals surface area contributed by atoms with Crippen molar-refractivity contribution in [2.45, 2.75) is 25.9 Å². The van der Waals surface area contributed by atoms with E-state index in [4.69, 9.17) is 41.2 Å². The van der Waals surface area contributed by atoms with Gasteiger partial charge in [-0.15, -0.1) is 0 Å². The second-order valence-corrected chi connectivity index (χ2v) is 6.62. The van der Waals surface area contributed by atoms with E-state index in [1.165, 1.54) is 0 Å². The van der Waals surface area contributed by atoms with Crippen LogP contribution in [0, 0.1) is 0 Å². The van der Waals surface area contributed by atoms with Crippen LogP contribution in [0.3, 0.4) is 0 Å². The summed E-state index contributed by atoms with van der Waals surface area (Å²) in [6.45, 7) is 6.80. The van der Waals surface area contributed by atoms with Crippen LogP contribution in [0.15, 0.2) is 18.2 Å². The third-order valence-electron chi connectivity index (χ3n) is 4.01. The van der Waals surface area contributed by atoms with Crippen molar-refractivity contribution in [3.8, 4) is 0 Å². The summed E-state index contributed by atoms with van der Waals surface area (Å²) in [5, 5.41) is 1.47. The molecule has 1 aromatic rings. The Morgan fingerprint density at radius 1 is 1.24 bits per heavy atom. The van der Waals surface area contributed by atoms with Crippen molar-refractivity contribution in [1.29, 1.82) is 0 Å².